The van der Waals surface area contributed by atoms with Crippen molar-refractivity contribution in [1.82, 2.24) is 9.88 Å². The lowest BCUT2D eigenvalue weighted by molar-refractivity contribution is -0.148. The summed E-state index contributed by atoms with van der Waals surface area (Å²) in [5.74, 6) is -0.907. The maximum absolute atomic E-state index is 10.8. The second-order valence-corrected chi connectivity index (χ2v) is 7.49. The van der Waals surface area contributed by atoms with E-state index in [0.717, 1.165) is 44.3 Å². The zero-order valence-corrected chi connectivity index (χ0v) is 15.1. The van der Waals surface area contributed by atoms with E-state index in [1.165, 1.54) is 11.1 Å². The van der Waals surface area contributed by atoms with Crippen molar-refractivity contribution in [2.24, 2.45) is 0 Å². The van der Waals surface area contributed by atoms with Crippen LogP contribution >= 0.6 is 0 Å². The number of para-hydroxylation sites is 1. The van der Waals surface area contributed by atoms with Crippen molar-refractivity contribution in [3.8, 4) is 0 Å². The standard InChI is InChI=1S/C20H26N2O4/c1-25-20-7-6-16(26-13-19(23)24)11-18(20)22(9-8-20)12-15-10-14-4-2-3-5-17(14)21-15/h2-5,10,16,18,21H,6-9,11-13H2,1H3,(H,23,24)/t16?,18?,20-/m1/s1. The molecule has 26 heavy (non-hydrogen) atoms. The van der Waals surface area contributed by atoms with Crippen LogP contribution in [-0.2, 0) is 20.8 Å². The van der Waals surface area contributed by atoms with Crippen molar-refractivity contribution in [2.75, 3.05) is 20.3 Å². The van der Waals surface area contributed by atoms with Gasteiger partial charge in [0.15, 0.2) is 0 Å². The summed E-state index contributed by atoms with van der Waals surface area (Å²) in [6, 6.07) is 10.8. The lowest BCUT2D eigenvalue weighted by Crippen LogP contribution is -2.51. The van der Waals surface area contributed by atoms with Crippen LogP contribution in [0.1, 0.15) is 31.4 Å². The molecule has 4 rings (SSSR count). The minimum Gasteiger partial charge on any atom is -0.480 e. The fraction of sp³-hybridized carbons (Fsp3) is 0.550. The maximum atomic E-state index is 10.8. The van der Waals surface area contributed by atoms with E-state index >= 15 is 0 Å². The van der Waals surface area contributed by atoms with Gasteiger partial charge in [-0.3, -0.25) is 4.90 Å². The van der Waals surface area contributed by atoms with Crippen molar-refractivity contribution in [3.63, 3.8) is 0 Å². The van der Waals surface area contributed by atoms with Crippen molar-refractivity contribution in [3.05, 3.63) is 36.0 Å². The Kier molecular flexibility index (Phi) is 4.73. The number of H-pyrrole nitrogens is 1. The number of rotatable bonds is 6. The molecule has 0 radical (unpaired) electrons. The quantitative estimate of drug-likeness (QED) is 0.831. The van der Waals surface area contributed by atoms with Crippen LogP contribution in [0.25, 0.3) is 10.9 Å². The monoisotopic (exact) mass is 358 g/mol. The first-order valence-corrected chi connectivity index (χ1v) is 9.29. The van der Waals surface area contributed by atoms with E-state index in [1.54, 1.807) is 7.11 Å². The lowest BCUT2D eigenvalue weighted by Gasteiger charge is -2.43. The molecule has 1 saturated heterocycles. The van der Waals surface area contributed by atoms with Gasteiger partial charge in [0.05, 0.1) is 11.7 Å². The molecule has 0 bridgehead atoms. The molecule has 140 valence electrons. The second-order valence-electron chi connectivity index (χ2n) is 7.49. The highest BCUT2D eigenvalue weighted by Gasteiger charge is 2.51. The Hall–Kier alpha value is -1.89. The van der Waals surface area contributed by atoms with E-state index in [1.807, 2.05) is 6.07 Å². The molecule has 1 aromatic carbocycles. The molecule has 2 aromatic rings. The number of carboxylic acids is 1. The van der Waals surface area contributed by atoms with E-state index in [0.29, 0.717) is 0 Å². The van der Waals surface area contributed by atoms with E-state index in [2.05, 4.69) is 34.1 Å². The van der Waals surface area contributed by atoms with E-state index < -0.39 is 5.97 Å². The first-order valence-electron chi connectivity index (χ1n) is 9.29. The largest absolute Gasteiger partial charge is 0.480 e. The number of aliphatic carboxylic acids is 1. The Morgan fingerprint density at radius 2 is 2.23 bits per heavy atom. The van der Waals surface area contributed by atoms with Crippen molar-refractivity contribution in [2.45, 2.75) is 50.0 Å². The molecule has 0 spiro atoms. The molecule has 1 aliphatic carbocycles. The summed E-state index contributed by atoms with van der Waals surface area (Å²) in [6.07, 6.45) is 3.60. The number of hydrogen-bond acceptors (Lipinski definition) is 4. The summed E-state index contributed by atoms with van der Waals surface area (Å²) in [5.41, 5.74) is 2.23. The van der Waals surface area contributed by atoms with Gasteiger partial charge >= 0.3 is 5.97 Å². The van der Waals surface area contributed by atoms with Crippen LogP contribution in [0.5, 0.6) is 0 Å². The SMILES string of the molecule is CO[C@@]12CCC(OCC(=O)O)CC1N(Cc1cc3ccccc3[nH]1)CC2. The van der Waals surface area contributed by atoms with Crippen molar-refractivity contribution in [1.29, 1.82) is 0 Å². The van der Waals surface area contributed by atoms with Gasteiger partial charge in [-0.2, -0.15) is 0 Å². The summed E-state index contributed by atoms with van der Waals surface area (Å²) in [4.78, 5) is 16.8. The van der Waals surface area contributed by atoms with Gasteiger partial charge in [0.2, 0.25) is 0 Å². The molecule has 2 aliphatic rings. The van der Waals surface area contributed by atoms with Gasteiger partial charge in [-0.15, -0.1) is 0 Å². The van der Waals surface area contributed by atoms with Crippen LogP contribution in [0.3, 0.4) is 0 Å². The van der Waals surface area contributed by atoms with E-state index in [4.69, 9.17) is 14.6 Å². The third-order valence-corrected chi connectivity index (χ3v) is 6.05. The predicted molar refractivity (Wildman–Crippen MR) is 98.1 cm³/mol. The van der Waals surface area contributed by atoms with E-state index in [9.17, 15) is 4.79 Å². The second kappa shape index (κ2) is 7.02. The van der Waals surface area contributed by atoms with Crippen molar-refractivity contribution < 1.29 is 19.4 Å². The third-order valence-electron chi connectivity index (χ3n) is 6.05. The molecule has 6 heteroatoms. The van der Waals surface area contributed by atoms with E-state index in [-0.39, 0.29) is 24.4 Å². The Bertz CT molecular complexity index is 756. The number of carbonyl (C=O) groups is 1. The van der Waals surface area contributed by atoms with Gasteiger partial charge in [-0.25, -0.2) is 4.79 Å². The minimum absolute atomic E-state index is 0.0114. The molecule has 1 aromatic heterocycles. The highest BCUT2D eigenvalue weighted by molar-refractivity contribution is 5.80. The van der Waals surface area contributed by atoms with Crippen LogP contribution in [0.15, 0.2) is 30.3 Å². The fourth-order valence-corrected chi connectivity index (χ4v) is 4.72. The molecular weight excluding hydrogens is 332 g/mol. The number of aromatic amines is 1. The number of ether oxygens (including phenoxy) is 2. The van der Waals surface area contributed by atoms with Crippen LogP contribution in [-0.4, -0.2) is 59.0 Å². The molecule has 2 heterocycles. The van der Waals surface area contributed by atoms with Gasteiger partial charge in [0.1, 0.15) is 6.61 Å². The first kappa shape index (κ1) is 17.5. The van der Waals surface area contributed by atoms with Gasteiger partial charge in [-0.05, 0) is 43.2 Å². The molecule has 2 unspecified atom stereocenters. The van der Waals surface area contributed by atoms with Crippen LogP contribution in [0.2, 0.25) is 0 Å². The number of nitrogens with one attached hydrogen (secondary N) is 1. The normalized spacial score (nSPS) is 29.1. The third kappa shape index (κ3) is 3.24. The number of carboxylic acid groups (broad SMARTS) is 1. The van der Waals surface area contributed by atoms with Crippen LogP contribution in [0.4, 0.5) is 0 Å². The van der Waals surface area contributed by atoms with Crippen LogP contribution < -0.4 is 0 Å². The zero-order valence-electron chi connectivity index (χ0n) is 15.1. The van der Waals surface area contributed by atoms with Gasteiger partial charge in [0.25, 0.3) is 0 Å². The molecule has 1 aliphatic heterocycles. The van der Waals surface area contributed by atoms with Gasteiger partial charge in [-0.1, -0.05) is 18.2 Å². The fourth-order valence-electron chi connectivity index (χ4n) is 4.72. The average molecular weight is 358 g/mol. The molecule has 0 amide bonds. The number of likely N-dealkylation sites (tertiary alicyclic amines) is 1. The summed E-state index contributed by atoms with van der Waals surface area (Å²) < 4.78 is 11.6. The summed E-state index contributed by atoms with van der Waals surface area (Å²) in [6.45, 7) is 1.61. The Balaban J connectivity index is 1.49. The van der Waals surface area contributed by atoms with Crippen molar-refractivity contribution >= 4 is 16.9 Å². The molecule has 3 atom stereocenters. The zero-order chi connectivity index (χ0) is 18.1. The number of methoxy groups -OCH3 is 1. The topological polar surface area (TPSA) is 74.8 Å². The Morgan fingerprint density at radius 3 is 3.00 bits per heavy atom. The molecule has 2 N–H and O–H groups in total. The minimum atomic E-state index is -0.907. The number of benzene rings is 1. The number of fused-ring (bicyclic) bond motifs is 2. The highest BCUT2D eigenvalue weighted by atomic mass is 16.5. The maximum Gasteiger partial charge on any atom is 0.329 e. The number of hydrogen-bond donors (Lipinski definition) is 2. The highest BCUT2D eigenvalue weighted by Crippen LogP contribution is 2.43. The summed E-state index contributed by atoms with van der Waals surface area (Å²) in [5, 5.41) is 10.1. The molecular formula is C20H26N2O4. The Labute approximate surface area is 153 Å². The summed E-state index contributed by atoms with van der Waals surface area (Å²) >= 11 is 0. The number of aromatic nitrogens is 1. The lowest BCUT2D eigenvalue weighted by atomic mass is 9.79. The molecule has 6 nitrogen and oxygen atoms in total. The molecule has 2 fully saturated rings. The summed E-state index contributed by atoms with van der Waals surface area (Å²) in [7, 11) is 1.80. The van der Waals surface area contributed by atoms with Crippen LogP contribution in [0, 0.1) is 0 Å². The Morgan fingerprint density at radius 1 is 1.38 bits per heavy atom. The smallest absolute Gasteiger partial charge is 0.329 e. The van der Waals surface area contributed by atoms with Gasteiger partial charge < -0.3 is 19.6 Å². The molecule has 1 saturated carbocycles. The van der Waals surface area contributed by atoms with Gasteiger partial charge in [0, 0.05) is 37.5 Å². The predicted octanol–water partition coefficient (Wildman–Crippen LogP) is 2.78. The average Bonchev–Trinajstić information content (AvgIpc) is 3.21. The number of nitrogens with zero attached hydrogens (tertiary/aromatic N) is 1. The first-order chi connectivity index (χ1) is 12.6.